The van der Waals surface area contributed by atoms with Crippen molar-refractivity contribution < 1.29 is 19.1 Å². The van der Waals surface area contributed by atoms with Gasteiger partial charge in [-0.1, -0.05) is 48.5 Å². The Morgan fingerprint density at radius 3 is 2.06 bits per heavy atom. The molecule has 2 heterocycles. The fourth-order valence-electron chi connectivity index (χ4n) is 3.96. The van der Waals surface area contributed by atoms with Crippen LogP contribution in [0.25, 0.3) is 5.76 Å². The van der Waals surface area contributed by atoms with Gasteiger partial charge in [0.15, 0.2) is 0 Å². The number of aliphatic hydroxyl groups is 1. The highest BCUT2D eigenvalue weighted by atomic mass is 16.3. The van der Waals surface area contributed by atoms with Crippen LogP contribution in [0.15, 0.2) is 113 Å². The minimum atomic E-state index is -0.881. The number of carbonyl (C=O) groups excluding carboxylic acids is 2. The molecule has 1 saturated heterocycles. The number of nitrogens with zero attached hydrogens (tertiary/aromatic N) is 1. The molecule has 0 aliphatic carbocycles. The molecule has 6 heteroatoms. The third kappa shape index (κ3) is 3.78. The number of furan rings is 1. The molecule has 0 spiro atoms. The molecule has 2 N–H and O–H groups in total. The average Bonchev–Trinajstić information content (AvgIpc) is 3.47. The minimum Gasteiger partial charge on any atom is -0.507 e. The summed E-state index contributed by atoms with van der Waals surface area (Å²) < 4.78 is 5.58. The van der Waals surface area contributed by atoms with Crippen LogP contribution in [0, 0.1) is 0 Å². The summed E-state index contributed by atoms with van der Waals surface area (Å²) in [5, 5.41) is 14.3. The number of para-hydroxylation sites is 1. The molecule has 1 aromatic heterocycles. The third-order valence-corrected chi connectivity index (χ3v) is 5.51. The summed E-state index contributed by atoms with van der Waals surface area (Å²) >= 11 is 0. The molecule has 3 aromatic carbocycles. The maximum Gasteiger partial charge on any atom is 0.300 e. The zero-order chi connectivity index (χ0) is 22.8. The van der Waals surface area contributed by atoms with Crippen molar-refractivity contribution in [3.05, 3.63) is 120 Å². The van der Waals surface area contributed by atoms with Gasteiger partial charge in [-0.3, -0.25) is 14.5 Å². The van der Waals surface area contributed by atoms with Gasteiger partial charge in [-0.25, -0.2) is 0 Å². The Balaban J connectivity index is 1.55. The molecular formula is C27H20N2O4. The molecule has 33 heavy (non-hydrogen) atoms. The van der Waals surface area contributed by atoms with E-state index in [-0.39, 0.29) is 11.3 Å². The first kappa shape index (κ1) is 20.3. The van der Waals surface area contributed by atoms with E-state index in [0.717, 1.165) is 11.4 Å². The smallest absolute Gasteiger partial charge is 0.300 e. The summed E-state index contributed by atoms with van der Waals surface area (Å²) in [6, 6.07) is 28.1. The van der Waals surface area contributed by atoms with Gasteiger partial charge in [-0.15, -0.1) is 0 Å². The van der Waals surface area contributed by atoms with Crippen molar-refractivity contribution >= 4 is 34.5 Å². The molecule has 1 fully saturated rings. The van der Waals surface area contributed by atoms with Gasteiger partial charge < -0.3 is 14.8 Å². The first-order valence-electron chi connectivity index (χ1n) is 10.5. The first-order valence-corrected chi connectivity index (χ1v) is 10.5. The lowest BCUT2D eigenvalue weighted by atomic mass is 9.99. The number of benzene rings is 3. The fraction of sp³-hybridized carbons (Fsp3) is 0.0370. The Morgan fingerprint density at radius 2 is 1.42 bits per heavy atom. The minimum absolute atomic E-state index is 0.00682. The molecule has 0 bridgehead atoms. The molecule has 1 unspecified atom stereocenters. The van der Waals surface area contributed by atoms with Gasteiger partial charge in [0.1, 0.15) is 17.6 Å². The highest BCUT2D eigenvalue weighted by Crippen LogP contribution is 2.42. The normalized spacial score (nSPS) is 17.3. The van der Waals surface area contributed by atoms with Crippen LogP contribution in [0.2, 0.25) is 0 Å². The van der Waals surface area contributed by atoms with Crippen molar-refractivity contribution in [1.29, 1.82) is 0 Å². The molecule has 162 valence electrons. The van der Waals surface area contributed by atoms with E-state index in [1.165, 1.54) is 11.2 Å². The monoisotopic (exact) mass is 436 g/mol. The van der Waals surface area contributed by atoms with Crippen LogP contribution in [0.1, 0.15) is 17.4 Å². The average molecular weight is 436 g/mol. The Morgan fingerprint density at radius 1 is 0.788 bits per heavy atom. The molecule has 6 nitrogen and oxygen atoms in total. The van der Waals surface area contributed by atoms with E-state index >= 15 is 0 Å². The van der Waals surface area contributed by atoms with E-state index in [4.69, 9.17) is 4.42 Å². The number of amides is 1. The van der Waals surface area contributed by atoms with Crippen LogP contribution >= 0.6 is 0 Å². The molecule has 0 radical (unpaired) electrons. The van der Waals surface area contributed by atoms with Gasteiger partial charge in [0.05, 0.1) is 11.8 Å². The number of aliphatic hydroxyl groups excluding tert-OH is 1. The van der Waals surface area contributed by atoms with Crippen LogP contribution in [-0.4, -0.2) is 16.8 Å². The Labute approximate surface area is 190 Å². The Kier molecular flexibility index (Phi) is 5.24. The molecule has 1 aliphatic rings. The van der Waals surface area contributed by atoms with Crippen molar-refractivity contribution in [2.75, 3.05) is 10.2 Å². The number of anilines is 3. The number of ketones is 1. The van der Waals surface area contributed by atoms with Gasteiger partial charge in [0.2, 0.25) is 0 Å². The number of rotatable bonds is 5. The summed E-state index contributed by atoms with van der Waals surface area (Å²) in [7, 11) is 0. The van der Waals surface area contributed by atoms with Crippen LogP contribution in [0.4, 0.5) is 17.1 Å². The van der Waals surface area contributed by atoms with Crippen LogP contribution < -0.4 is 10.2 Å². The summed E-state index contributed by atoms with van der Waals surface area (Å²) in [6.07, 6.45) is 1.48. The molecule has 4 aromatic rings. The van der Waals surface area contributed by atoms with Gasteiger partial charge >= 0.3 is 0 Å². The van der Waals surface area contributed by atoms with E-state index in [1.807, 2.05) is 48.5 Å². The zero-order valence-corrected chi connectivity index (χ0v) is 17.5. The van der Waals surface area contributed by atoms with Gasteiger partial charge in [0, 0.05) is 22.6 Å². The second-order valence-corrected chi connectivity index (χ2v) is 7.59. The molecular weight excluding hydrogens is 416 g/mol. The first-order chi connectivity index (χ1) is 16.1. The van der Waals surface area contributed by atoms with Crippen molar-refractivity contribution in [1.82, 2.24) is 0 Å². The number of hydrogen-bond acceptors (Lipinski definition) is 5. The standard InChI is InChI=1S/C27H20N2O4/c30-25(18-8-3-1-4-9-18)23-24(22-12-7-17-33-22)29(27(32)26(23)31)21-15-13-20(14-16-21)28-19-10-5-2-6-11-19/h1-17,24,28,30H/b25-23-. The SMILES string of the molecule is O=C1C(=O)N(c2ccc(Nc3ccccc3)cc2)C(c2ccco2)/C1=C(/O)c1ccccc1. The quantitative estimate of drug-likeness (QED) is 0.240. The van der Waals surface area contributed by atoms with E-state index < -0.39 is 17.7 Å². The molecule has 1 amide bonds. The lowest BCUT2D eigenvalue weighted by Gasteiger charge is -2.23. The fourth-order valence-corrected chi connectivity index (χ4v) is 3.96. The second-order valence-electron chi connectivity index (χ2n) is 7.59. The zero-order valence-electron chi connectivity index (χ0n) is 17.5. The molecule has 5 rings (SSSR count). The van der Waals surface area contributed by atoms with E-state index in [1.54, 1.807) is 48.5 Å². The lowest BCUT2D eigenvalue weighted by molar-refractivity contribution is -0.132. The second kappa shape index (κ2) is 8.51. The molecule has 1 aliphatic heterocycles. The number of Topliss-reactive ketones (excluding diaryl/α,β-unsaturated/α-hetero) is 1. The number of carbonyl (C=O) groups is 2. The Hall–Kier alpha value is -4.58. The van der Waals surface area contributed by atoms with Gasteiger partial charge in [-0.05, 0) is 48.5 Å². The summed E-state index contributed by atoms with van der Waals surface area (Å²) in [6.45, 7) is 0. The van der Waals surface area contributed by atoms with Crippen molar-refractivity contribution in [2.45, 2.75) is 6.04 Å². The predicted molar refractivity (Wildman–Crippen MR) is 126 cm³/mol. The van der Waals surface area contributed by atoms with Crippen molar-refractivity contribution in [3.63, 3.8) is 0 Å². The van der Waals surface area contributed by atoms with Crippen LogP contribution in [0.5, 0.6) is 0 Å². The third-order valence-electron chi connectivity index (χ3n) is 5.51. The van der Waals surface area contributed by atoms with Gasteiger partial charge in [0.25, 0.3) is 11.7 Å². The molecule has 1 atom stereocenters. The largest absolute Gasteiger partial charge is 0.507 e. The summed E-state index contributed by atoms with van der Waals surface area (Å²) in [4.78, 5) is 27.5. The van der Waals surface area contributed by atoms with E-state index in [9.17, 15) is 14.7 Å². The van der Waals surface area contributed by atoms with Crippen molar-refractivity contribution in [3.8, 4) is 0 Å². The topological polar surface area (TPSA) is 82.8 Å². The Bertz CT molecular complexity index is 1310. The molecule has 0 saturated carbocycles. The van der Waals surface area contributed by atoms with E-state index in [2.05, 4.69) is 5.32 Å². The number of hydrogen-bond donors (Lipinski definition) is 2. The maximum absolute atomic E-state index is 13.1. The van der Waals surface area contributed by atoms with Crippen LogP contribution in [-0.2, 0) is 9.59 Å². The maximum atomic E-state index is 13.1. The van der Waals surface area contributed by atoms with Crippen LogP contribution in [0.3, 0.4) is 0 Å². The predicted octanol–water partition coefficient (Wildman–Crippen LogP) is 5.65. The summed E-state index contributed by atoms with van der Waals surface area (Å²) in [5.41, 5.74) is 2.73. The van der Waals surface area contributed by atoms with E-state index in [0.29, 0.717) is 17.0 Å². The number of nitrogens with one attached hydrogen (secondary N) is 1. The van der Waals surface area contributed by atoms with Crippen molar-refractivity contribution in [2.24, 2.45) is 0 Å². The highest BCUT2D eigenvalue weighted by Gasteiger charge is 2.48. The lowest BCUT2D eigenvalue weighted by Crippen LogP contribution is -2.29. The van der Waals surface area contributed by atoms with Gasteiger partial charge in [-0.2, -0.15) is 0 Å². The summed E-state index contributed by atoms with van der Waals surface area (Å²) in [5.74, 6) is -1.33. The highest BCUT2D eigenvalue weighted by molar-refractivity contribution is 6.51.